The molecule has 0 aliphatic heterocycles. The van der Waals surface area contributed by atoms with Crippen LogP contribution in [0.15, 0.2) is 18.2 Å². The normalized spacial score (nSPS) is 9.15. The largest absolute Gasteiger partial charge is 0.330 e. The SMILES string of the molecule is Cc1cc(F)cc(C#CCCN)c1. The first-order valence-electron chi connectivity index (χ1n) is 4.18. The van der Waals surface area contributed by atoms with Gasteiger partial charge in [-0.3, -0.25) is 0 Å². The van der Waals surface area contributed by atoms with E-state index >= 15 is 0 Å². The molecule has 0 unspecified atom stereocenters. The molecule has 0 amide bonds. The van der Waals surface area contributed by atoms with Crippen LogP contribution in [0.2, 0.25) is 0 Å². The number of hydrogen-bond acceptors (Lipinski definition) is 1. The molecule has 0 bridgehead atoms. The molecule has 0 aromatic heterocycles. The quantitative estimate of drug-likeness (QED) is 0.651. The van der Waals surface area contributed by atoms with Gasteiger partial charge in [0, 0.05) is 18.5 Å². The minimum atomic E-state index is -0.239. The van der Waals surface area contributed by atoms with Crippen LogP contribution in [0.5, 0.6) is 0 Å². The summed E-state index contributed by atoms with van der Waals surface area (Å²) in [5.41, 5.74) is 6.88. The van der Waals surface area contributed by atoms with Crippen LogP contribution >= 0.6 is 0 Å². The molecule has 1 rings (SSSR count). The van der Waals surface area contributed by atoms with Gasteiger partial charge in [-0.25, -0.2) is 4.39 Å². The van der Waals surface area contributed by atoms with Crippen LogP contribution in [0, 0.1) is 24.6 Å². The molecule has 1 aromatic rings. The van der Waals surface area contributed by atoms with Crippen LogP contribution in [0.25, 0.3) is 0 Å². The first-order valence-corrected chi connectivity index (χ1v) is 4.18. The number of benzene rings is 1. The lowest BCUT2D eigenvalue weighted by Crippen LogP contribution is -1.95. The average molecular weight is 177 g/mol. The highest BCUT2D eigenvalue weighted by atomic mass is 19.1. The van der Waals surface area contributed by atoms with Crippen molar-refractivity contribution in [2.24, 2.45) is 5.73 Å². The highest BCUT2D eigenvalue weighted by molar-refractivity contribution is 5.37. The predicted molar refractivity (Wildman–Crippen MR) is 51.7 cm³/mol. The van der Waals surface area contributed by atoms with Crippen LogP contribution in [-0.2, 0) is 0 Å². The summed E-state index contributed by atoms with van der Waals surface area (Å²) in [5.74, 6) is 5.48. The first-order chi connectivity index (χ1) is 6.22. The van der Waals surface area contributed by atoms with Gasteiger partial charge in [-0.05, 0) is 30.7 Å². The Balaban J connectivity index is 2.85. The van der Waals surface area contributed by atoms with Crippen molar-refractivity contribution in [1.29, 1.82) is 0 Å². The zero-order valence-corrected chi connectivity index (χ0v) is 7.60. The zero-order chi connectivity index (χ0) is 9.68. The highest BCUT2D eigenvalue weighted by Gasteiger charge is 1.93. The van der Waals surface area contributed by atoms with Crippen molar-refractivity contribution in [3.63, 3.8) is 0 Å². The molecule has 0 saturated heterocycles. The van der Waals surface area contributed by atoms with Gasteiger partial charge in [-0.15, -0.1) is 0 Å². The van der Waals surface area contributed by atoms with E-state index in [2.05, 4.69) is 11.8 Å². The Kier molecular flexibility index (Phi) is 3.48. The van der Waals surface area contributed by atoms with E-state index in [1.165, 1.54) is 12.1 Å². The van der Waals surface area contributed by atoms with Crippen molar-refractivity contribution in [1.82, 2.24) is 0 Å². The van der Waals surface area contributed by atoms with Crippen LogP contribution in [-0.4, -0.2) is 6.54 Å². The maximum Gasteiger partial charge on any atom is 0.124 e. The summed E-state index contributed by atoms with van der Waals surface area (Å²) in [6.07, 6.45) is 0.648. The van der Waals surface area contributed by atoms with Crippen molar-refractivity contribution < 1.29 is 4.39 Å². The molecule has 0 atom stereocenters. The van der Waals surface area contributed by atoms with Crippen molar-refractivity contribution in [2.45, 2.75) is 13.3 Å². The van der Waals surface area contributed by atoms with Gasteiger partial charge >= 0.3 is 0 Å². The second-order valence-corrected chi connectivity index (χ2v) is 2.86. The third kappa shape index (κ3) is 3.27. The third-order valence-corrected chi connectivity index (χ3v) is 1.54. The number of hydrogen-bond donors (Lipinski definition) is 1. The number of aryl methyl sites for hydroxylation is 1. The van der Waals surface area contributed by atoms with Gasteiger partial charge in [0.15, 0.2) is 0 Å². The van der Waals surface area contributed by atoms with E-state index in [9.17, 15) is 4.39 Å². The Morgan fingerprint density at radius 3 is 2.77 bits per heavy atom. The van der Waals surface area contributed by atoms with Crippen LogP contribution in [0.4, 0.5) is 4.39 Å². The van der Waals surface area contributed by atoms with E-state index < -0.39 is 0 Å². The van der Waals surface area contributed by atoms with Crippen LogP contribution < -0.4 is 5.73 Å². The Labute approximate surface area is 77.8 Å². The van der Waals surface area contributed by atoms with Gasteiger partial charge in [-0.2, -0.15) is 0 Å². The Hall–Kier alpha value is -1.33. The van der Waals surface area contributed by atoms with Crippen molar-refractivity contribution in [3.05, 3.63) is 35.1 Å². The lowest BCUT2D eigenvalue weighted by molar-refractivity contribution is 0.626. The van der Waals surface area contributed by atoms with Crippen molar-refractivity contribution in [2.75, 3.05) is 6.54 Å². The minimum Gasteiger partial charge on any atom is -0.330 e. The molecule has 68 valence electrons. The molecule has 13 heavy (non-hydrogen) atoms. The Bertz CT molecular complexity index is 327. The summed E-state index contributed by atoms with van der Waals surface area (Å²) in [7, 11) is 0. The standard InChI is InChI=1S/C11H12FN/c1-9-6-10(4-2-3-5-13)8-11(12)7-9/h6-8H,3,5,13H2,1H3. The van der Waals surface area contributed by atoms with Gasteiger partial charge in [0.1, 0.15) is 5.82 Å². The molecule has 1 aromatic carbocycles. The fourth-order valence-electron chi connectivity index (χ4n) is 1.05. The lowest BCUT2D eigenvalue weighted by atomic mass is 10.1. The molecule has 0 saturated carbocycles. The van der Waals surface area contributed by atoms with Crippen molar-refractivity contribution >= 4 is 0 Å². The molecule has 0 aliphatic rings. The number of halogens is 1. The van der Waals surface area contributed by atoms with Gasteiger partial charge in [0.2, 0.25) is 0 Å². The summed E-state index contributed by atoms with van der Waals surface area (Å²) >= 11 is 0. The second kappa shape index (κ2) is 4.64. The first kappa shape index (κ1) is 9.76. The molecule has 0 aliphatic carbocycles. The molecule has 0 spiro atoms. The fourth-order valence-corrected chi connectivity index (χ4v) is 1.05. The topological polar surface area (TPSA) is 26.0 Å². The van der Waals surface area contributed by atoms with E-state index in [-0.39, 0.29) is 5.82 Å². The predicted octanol–water partition coefficient (Wildman–Crippen LogP) is 1.83. The average Bonchev–Trinajstić information content (AvgIpc) is 2.03. The molecule has 2 N–H and O–H groups in total. The van der Waals surface area contributed by atoms with Crippen LogP contribution in [0.3, 0.4) is 0 Å². The monoisotopic (exact) mass is 177 g/mol. The number of nitrogens with two attached hydrogens (primary N) is 1. The summed E-state index contributed by atoms with van der Waals surface area (Å²) in [6, 6.07) is 4.76. The van der Waals surface area contributed by atoms with E-state index in [1.807, 2.05) is 13.0 Å². The molecular weight excluding hydrogens is 165 g/mol. The van der Waals surface area contributed by atoms with E-state index in [0.29, 0.717) is 18.5 Å². The highest BCUT2D eigenvalue weighted by Crippen LogP contribution is 2.06. The summed E-state index contributed by atoms with van der Waals surface area (Å²) < 4.78 is 12.8. The zero-order valence-electron chi connectivity index (χ0n) is 7.60. The second-order valence-electron chi connectivity index (χ2n) is 2.86. The summed E-state index contributed by atoms with van der Waals surface area (Å²) in [5, 5.41) is 0. The van der Waals surface area contributed by atoms with E-state index in [0.717, 1.165) is 5.56 Å². The van der Waals surface area contributed by atoms with Gasteiger partial charge < -0.3 is 5.73 Å². The summed E-state index contributed by atoms with van der Waals surface area (Å²) in [6.45, 7) is 2.39. The minimum absolute atomic E-state index is 0.239. The van der Waals surface area contributed by atoms with Gasteiger partial charge in [0.25, 0.3) is 0 Å². The fraction of sp³-hybridized carbons (Fsp3) is 0.273. The molecule has 2 heteroatoms. The molecule has 1 nitrogen and oxygen atoms in total. The summed E-state index contributed by atoms with van der Waals surface area (Å²) in [4.78, 5) is 0. The van der Waals surface area contributed by atoms with Crippen molar-refractivity contribution in [3.8, 4) is 11.8 Å². The molecule has 0 fully saturated rings. The smallest absolute Gasteiger partial charge is 0.124 e. The van der Waals surface area contributed by atoms with Gasteiger partial charge in [0.05, 0.1) is 0 Å². The lowest BCUT2D eigenvalue weighted by Gasteiger charge is -1.94. The van der Waals surface area contributed by atoms with Gasteiger partial charge in [-0.1, -0.05) is 11.8 Å². The van der Waals surface area contributed by atoms with E-state index in [4.69, 9.17) is 5.73 Å². The van der Waals surface area contributed by atoms with E-state index in [1.54, 1.807) is 0 Å². The number of rotatable bonds is 1. The maximum absolute atomic E-state index is 12.8. The molecule has 0 radical (unpaired) electrons. The molecular formula is C11H12FN. The van der Waals surface area contributed by atoms with Crippen LogP contribution in [0.1, 0.15) is 17.5 Å². The maximum atomic E-state index is 12.8. The molecule has 0 heterocycles. The third-order valence-electron chi connectivity index (χ3n) is 1.54. The Morgan fingerprint density at radius 2 is 2.15 bits per heavy atom. The Morgan fingerprint density at radius 1 is 1.38 bits per heavy atom.